The van der Waals surface area contributed by atoms with Gasteiger partial charge in [0.15, 0.2) is 0 Å². The summed E-state index contributed by atoms with van der Waals surface area (Å²) < 4.78 is 5.92. The highest BCUT2D eigenvalue weighted by Crippen LogP contribution is 2.43. The van der Waals surface area contributed by atoms with Crippen LogP contribution in [0.25, 0.3) is 0 Å². The molecule has 1 saturated heterocycles. The predicted octanol–water partition coefficient (Wildman–Crippen LogP) is 5.65. The van der Waals surface area contributed by atoms with Gasteiger partial charge in [-0.1, -0.05) is 67.5 Å². The number of ether oxygens (including phenoxy) is 1. The third kappa shape index (κ3) is 4.29. The van der Waals surface area contributed by atoms with Gasteiger partial charge in [0.25, 0.3) is 0 Å². The molecule has 1 heterocycles. The number of thioether (sulfide) groups is 1. The maximum Gasteiger partial charge on any atom is 0.123 e. The van der Waals surface area contributed by atoms with Crippen LogP contribution < -0.4 is 0 Å². The van der Waals surface area contributed by atoms with Crippen LogP contribution in [0.5, 0.6) is 5.75 Å². The number of phenols is 1. The normalized spacial score (nSPS) is 19.8. The van der Waals surface area contributed by atoms with Gasteiger partial charge < -0.3 is 9.84 Å². The van der Waals surface area contributed by atoms with E-state index in [1.807, 2.05) is 11.8 Å². The van der Waals surface area contributed by atoms with Gasteiger partial charge in [-0.25, -0.2) is 0 Å². The Morgan fingerprint density at radius 2 is 1.50 bits per heavy atom. The molecule has 3 heteroatoms. The van der Waals surface area contributed by atoms with Gasteiger partial charge in [-0.05, 0) is 33.9 Å². The number of benzene rings is 1. The lowest BCUT2D eigenvalue weighted by atomic mass is 9.76. The van der Waals surface area contributed by atoms with Crippen LogP contribution in [0.15, 0.2) is 12.1 Å². The van der Waals surface area contributed by atoms with Crippen molar-refractivity contribution in [3.8, 4) is 5.75 Å². The first-order chi connectivity index (χ1) is 10.8. The average Bonchev–Trinajstić information content (AvgIpc) is 2.92. The smallest absolute Gasteiger partial charge is 0.123 e. The molecule has 0 aromatic heterocycles. The minimum absolute atomic E-state index is 0.0719. The van der Waals surface area contributed by atoms with E-state index in [0.717, 1.165) is 29.9 Å². The van der Waals surface area contributed by atoms with Gasteiger partial charge in [-0.15, -0.1) is 11.8 Å². The minimum Gasteiger partial charge on any atom is -0.507 e. The molecule has 0 aliphatic carbocycles. The Labute approximate surface area is 152 Å². The lowest BCUT2D eigenvalue weighted by molar-refractivity contribution is 0.0580. The van der Waals surface area contributed by atoms with E-state index in [1.54, 1.807) is 0 Å². The minimum atomic E-state index is -0.0805. The Balaban J connectivity index is 2.46. The first kappa shape index (κ1) is 19.7. The highest BCUT2D eigenvalue weighted by Gasteiger charge is 2.35. The van der Waals surface area contributed by atoms with E-state index in [0.29, 0.717) is 5.75 Å². The molecule has 1 unspecified atom stereocenters. The van der Waals surface area contributed by atoms with Crippen molar-refractivity contribution in [2.45, 2.75) is 78.1 Å². The third-order valence-electron chi connectivity index (χ3n) is 4.71. The van der Waals surface area contributed by atoms with Crippen LogP contribution in [0.4, 0.5) is 0 Å². The molecule has 1 aromatic rings. The van der Waals surface area contributed by atoms with Crippen molar-refractivity contribution < 1.29 is 9.84 Å². The van der Waals surface area contributed by atoms with Crippen molar-refractivity contribution in [3.63, 3.8) is 0 Å². The van der Waals surface area contributed by atoms with Crippen LogP contribution in [-0.2, 0) is 22.0 Å². The van der Waals surface area contributed by atoms with Crippen LogP contribution in [0.3, 0.4) is 0 Å². The highest BCUT2D eigenvalue weighted by molar-refractivity contribution is 8.00. The molecule has 0 spiro atoms. The van der Waals surface area contributed by atoms with Crippen molar-refractivity contribution in [2.75, 3.05) is 12.4 Å². The monoisotopic (exact) mass is 350 g/mol. The van der Waals surface area contributed by atoms with Crippen molar-refractivity contribution >= 4 is 11.8 Å². The number of hydrogen-bond acceptors (Lipinski definition) is 3. The van der Waals surface area contributed by atoms with Gasteiger partial charge in [-0.3, -0.25) is 0 Å². The molecule has 0 amide bonds. The van der Waals surface area contributed by atoms with E-state index in [9.17, 15) is 5.11 Å². The predicted molar refractivity (Wildman–Crippen MR) is 105 cm³/mol. The van der Waals surface area contributed by atoms with Crippen LogP contribution >= 0.6 is 11.8 Å². The van der Waals surface area contributed by atoms with Crippen LogP contribution in [0.2, 0.25) is 0 Å². The summed E-state index contributed by atoms with van der Waals surface area (Å²) in [6.07, 6.45) is 0.955. The van der Waals surface area contributed by atoms with Crippen molar-refractivity contribution in [1.82, 2.24) is 0 Å². The molecule has 1 aliphatic heterocycles. The molecule has 136 valence electrons. The third-order valence-corrected chi connectivity index (χ3v) is 6.18. The number of hydrogen-bond donors (Lipinski definition) is 1. The lowest BCUT2D eigenvalue weighted by Crippen LogP contribution is -2.29. The molecule has 1 fully saturated rings. The summed E-state index contributed by atoms with van der Waals surface area (Å²) in [5.41, 5.74) is 3.54. The summed E-state index contributed by atoms with van der Waals surface area (Å²) in [6.45, 7) is 18.4. The maximum atomic E-state index is 10.9. The Bertz CT molecular complexity index is 550. The molecular weight excluding hydrogens is 316 g/mol. The van der Waals surface area contributed by atoms with E-state index in [-0.39, 0.29) is 21.7 Å². The Kier molecular flexibility index (Phi) is 5.38. The molecule has 0 bridgehead atoms. The zero-order valence-corrected chi connectivity index (χ0v) is 17.4. The highest BCUT2D eigenvalue weighted by atomic mass is 32.2. The standard InChI is InChI=1S/C21H34O2S/c1-19(2,3)15-11-14(12-16(17(15)22)20(4,5)6)13-21(7,8)18-23-9-10-24-18/h11-12,18,22H,9-10,13H2,1-8H3. The Hall–Kier alpha value is -0.670. The summed E-state index contributed by atoms with van der Waals surface area (Å²) in [5, 5.41) is 10.9. The summed E-state index contributed by atoms with van der Waals surface area (Å²) in [6, 6.07) is 4.40. The van der Waals surface area contributed by atoms with E-state index >= 15 is 0 Å². The fourth-order valence-electron chi connectivity index (χ4n) is 3.36. The van der Waals surface area contributed by atoms with Gasteiger partial charge >= 0.3 is 0 Å². The lowest BCUT2D eigenvalue weighted by Gasteiger charge is -2.33. The maximum absolute atomic E-state index is 10.9. The Morgan fingerprint density at radius 3 is 1.88 bits per heavy atom. The van der Waals surface area contributed by atoms with Gasteiger partial charge in [0.05, 0.1) is 6.61 Å². The molecule has 0 saturated carbocycles. The number of aromatic hydroxyl groups is 1. The van der Waals surface area contributed by atoms with Gasteiger partial charge in [0.2, 0.25) is 0 Å². The molecule has 2 nitrogen and oxygen atoms in total. The van der Waals surface area contributed by atoms with Crippen molar-refractivity contribution in [2.24, 2.45) is 5.41 Å². The number of phenolic OH excluding ortho intramolecular Hbond substituents is 1. The summed E-state index contributed by atoms with van der Waals surface area (Å²) in [4.78, 5) is 0. The van der Waals surface area contributed by atoms with Gasteiger partial charge in [-0.2, -0.15) is 0 Å². The van der Waals surface area contributed by atoms with E-state index < -0.39 is 0 Å². The van der Waals surface area contributed by atoms with Crippen LogP contribution in [0, 0.1) is 5.41 Å². The van der Waals surface area contributed by atoms with Gasteiger partial charge in [0.1, 0.15) is 11.2 Å². The second kappa shape index (κ2) is 6.57. The van der Waals surface area contributed by atoms with E-state index in [4.69, 9.17) is 4.74 Å². The molecular formula is C21H34O2S. The second-order valence-corrected chi connectivity index (χ2v) is 10.9. The summed E-state index contributed by atoms with van der Waals surface area (Å²) >= 11 is 1.92. The molecule has 24 heavy (non-hydrogen) atoms. The average molecular weight is 351 g/mol. The fourth-order valence-corrected chi connectivity index (χ4v) is 4.49. The SMILES string of the molecule is CC(C)(C)c1cc(CC(C)(C)C2OCCS2)cc(C(C)(C)C)c1O. The van der Waals surface area contributed by atoms with E-state index in [1.165, 1.54) is 5.56 Å². The second-order valence-electron chi connectivity index (χ2n) is 9.78. The fraction of sp³-hybridized carbons (Fsp3) is 0.714. The van der Waals surface area contributed by atoms with Crippen LogP contribution in [-0.4, -0.2) is 22.9 Å². The molecule has 1 aromatic carbocycles. The first-order valence-corrected chi connectivity index (χ1v) is 9.97. The number of rotatable bonds is 3. The molecule has 1 atom stereocenters. The van der Waals surface area contributed by atoms with Crippen molar-refractivity contribution in [3.05, 3.63) is 28.8 Å². The zero-order valence-electron chi connectivity index (χ0n) is 16.6. The molecule has 2 rings (SSSR count). The molecule has 1 aliphatic rings. The first-order valence-electron chi connectivity index (χ1n) is 8.92. The largest absolute Gasteiger partial charge is 0.507 e. The Morgan fingerprint density at radius 1 is 1.00 bits per heavy atom. The topological polar surface area (TPSA) is 29.5 Å². The molecule has 0 radical (unpaired) electrons. The quantitative estimate of drug-likeness (QED) is 0.764. The van der Waals surface area contributed by atoms with Crippen LogP contribution in [0.1, 0.15) is 72.1 Å². The van der Waals surface area contributed by atoms with E-state index in [2.05, 4.69) is 67.5 Å². The summed E-state index contributed by atoms with van der Waals surface area (Å²) in [7, 11) is 0. The summed E-state index contributed by atoms with van der Waals surface area (Å²) in [5.74, 6) is 1.55. The van der Waals surface area contributed by atoms with Crippen molar-refractivity contribution in [1.29, 1.82) is 0 Å². The zero-order chi connectivity index (χ0) is 18.3. The molecule has 1 N–H and O–H groups in total. The van der Waals surface area contributed by atoms with Gasteiger partial charge in [0, 0.05) is 11.2 Å².